The van der Waals surface area contributed by atoms with Crippen LogP contribution in [0.5, 0.6) is 11.5 Å². The molecule has 0 atom stereocenters. The fourth-order valence-corrected chi connectivity index (χ4v) is 2.79. The Balaban J connectivity index is 0.000000159. The second kappa shape index (κ2) is 9.25. The highest BCUT2D eigenvalue weighted by atomic mass is 16.3. The number of phenols is 2. The lowest BCUT2D eigenvalue weighted by Gasteiger charge is -2.05. The van der Waals surface area contributed by atoms with Crippen LogP contribution in [0.25, 0.3) is 11.1 Å². The van der Waals surface area contributed by atoms with E-state index < -0.39 is 0 Å². The molecule has 0 aromatic heterocycles. The van der Waals surface area contributed by atoms with Gasteiger partial charge in [-0.25, -0.2) is 0 Å². The van der Waals surface area contributed by atoms with Gasteiger partial charge in [0.2, 0.25) is 0 Å². The summed E-state index contributed by atoms with van der Waals surface area (Å²) in [5, 5.41) is 19.2. The number of benzene rings is 4. The number of hydrogen-bond donors (Lipinski definition) is 2. The Morgan fingerprint density at radius 3 is 1.11 bits per heavy atom. The summed E-state index contributed by atoms with van der Waals surface area (Å²) in [5.74, 6) is 0.529. The van der Waals surface area contributed by atoms with Crippen LogP contribution in [0.1, 0.15) is 11.1 Å². The summed E-state index contributed by atoms with van der Waals surface area (Å²) in [6, 6.07) is 35.1. The topological polar surface area (TPSA) is 40.5 Å². The molecule has 0 heterocycles. The van der Waals surface area contributed by atoms with Crippen LogP contribution in [0.2, 0.25) is 0 Å². The van der Waals surface area contributed by atoms with Crippen molar-refractivity contribution in [3.05, 3.63) is 120 Å². The summed E-state index contributed by atoms with van der Waals surface area (Å²) in [6.45, 7) is 0. The Labute approximate surface area is 160 Å². The van der Waals surface area contributed by atoms with Crippen LogP contribution in [0, 0.1) is 0 Å². The van der Waals surface area contributed by atoms with Crippen LogP contribution >= 0.6 is 0 Å². The van der Waals surface area contributed by atoms with E-state index in [1.807, 2.05) is 36.4 Å². The van der Waals surface area contributed by atoms with Gasteiger partial charge in [0.15, 0.2) is 0 Å². The van der Waals surface area contributed by atoms with Crippen molar-refractivity contribution < 1.29 is 10.2 Å². The highest BCUT2D eigenvalue weighted by Crippen LogP contribution is 2.24. The van der Waals surface area contributed by atoms with Crippen molar-refractivity contribution in [2.75, 3.05) is 0 Å². The van der Waals surface area contributed by atoms with Crippen LogP contribution < -0.4 is 0 Å². The van der Waals surface area contributed by atoms with Gasteiger partial charge in [-0.05, 0) is 34.4 Å². The van der Waals surface area contributed by atoms with Crippen LogP contribution in [0.3, 0.4) is 0 Å². The largest absolute Gasteiger partial charge is 0.508 e. The summed E-state index contributed by atoms with van der Waals surface area (Å²) < 4.78 is 0. The lowest BCUT2D eigenvalue weighted by Crippen LogP contribution is -1.88. The molecule has 2 nitrogen and oxygen atoms in total. The first kappa shape index (κ1) is 18.3. The Morgan fingerprint density at radius 2 is 0.741 bits per heavy atom. The van der Waals surface area contributed by atoms with Gasteiger partial charge in [0, 0.05) is 6.42 Å². The monoisotopic (exact) mass is 354 g/mol. The minimum atomic E-state index is 0.265. The molecule has 0 aliphatic rings. The van der Waals surface area contributed by atoms with E-state index >= 15 is 0 Å². The van der Waals surface area contributed by atoms with Crippen molar-refractivity contribution in [3.63, 3.8) is 0 Å². The van der Waals surface area contributed by atoms with Crippen LogP contribution in [-0.2, 0) is 6.42 Å². The summed E-state index contributed by atoms with van der Waals surface area (Å²) in [4.78, 5) is 0. The highest BCUT2D eigenvalue weighted by Gasteiger charge is 2.04. The maximum Gasteiger partial charge on any atom is 0.119 e. The summed E-state index contributed by atoms with van der Waals surface area (Å²) >= 11 is 0. The molecule has 0 spiro atoms. The minimum Gasteiger partial charge on any atom is -0.508 e. The van der Waals surface area contributed by atoms with Gasteiger partial charge in [0.05, 0.1) is 0 Å². The molecule has 0 radical (unpaired) electrons. The van der Waals surface area contributed by atoms with Gasteiger partial charge in [-0.3, -0.25) is 0 Å². The lowest BCUT2D eigenvalue weighted by atomic mass is 10.0. The number of rotatable bonds is 3. The average molecular weight is 354 g/mol. The first-order valence-corrected chi connectivity index (χ1v) is 8.88. The molecule has 0 fully saturated rings. The Hall–Kier alpha value is -3.52. The van der Waals surface area contributed by atoms with Gasteiger partial charge in [0.1, 0.15) is 11.5 Å². The normalized spacial score (nSPS) is 9.93. The second-order valence-electron chi connectivity index (χ2n) is 6.17. The molecule has 0 aliphatic carbocycles. The van der Waals surface area contributed by atoms with E-state index in [4.69, 9.17) is 0 Å². The van der Waals surface area contributed by atoms with E-state index in [9.17, 15) is 10.2 Å². The predicted molar refractivity (Wildman–Crippen MR) is 111 cm³/mol. The fourth-order valence-electron chi connectivity index (χ4n) is 2.79. The number of para-hydroxylation sites is 2. The Kier molecular flexibility index (Phi) is 6.26. The maximum absolute atomic E-state index is 9.58. The molecule has 27 heavy (non-hydrogen) atoms. The third-order valence-electron chi connectivity index (χ3n) is 4.25. The molecule has 0 saturated carbocycles. The third kappa shape index (κ3) is 5.23. The van der Waals surface area contributed by atoms with Gasteiger partial charge in [0.25, 0.3) is 0 Å². The van der Waals surface area contributed by atoms with Gasteiger partial charge >= 0.3 is 0 Å². The van der Waals surface area contributed by atoms with Crippen molar-refractivity contribution >= 4 is 0 Å². The van der Waals surface area contributed by atoms with Gasteiger partial charge < -0.3 is 10.2 Å². The lowest BCUT2D eigenvalue weighted by molar-refractivity contribution is 0.463. The summed E-state index contributed by atoms with van der Waals surface area (Å²) in [5.41, 5.74) is 4.19. The molecule has 0 unspecified atom stereocenters. The van der Waals surface area contributed by atoms with Crippen molar-refractivity contribution in [1.29, 1.82) is 0 Å². The molecule has 0 amide bonds. The quantitative estimate of drug-likeness (QED) is 0.471. The van der Waals surface area contributed by atoms with Gasteiger partial charge in [-0.15, -0.1) is 0 Å². The van der Waals surface area contributed by atoms with E-state index in [0.717, 1.165) is 11.1 Å². The number of aromatic hydroxyl groups is 2. The molecule has 4 aromatic rings. The fraction of sp³-hybridized carbons (Fsp3) is 0.0400. The van der Waals surface area contributed by atoms with Crippen molar-refractivity contribution in [2.45, 2.75) is 6.42 Å². The summed E-state index contributed by atoms with van der Waals surface area (Å²) in [7, 11) is 0. The third-order valence-corrected chi connectivity index (χ3v) is 4.25. The summed E-state index contributed by atoms with van der Waals surface area (Å²) in [6.07, 6.45) is 0.541. The van der Waals surface area contributed by atoms with Crippen LogP contribution in [0.4, 0.5) is 0 Å². The van der Waals surface area contributed by atoms with Crippen LogP contribution in [0.15, 0.2) is 109 Å². The zero-order chi connectivity index (χ0) is 18.9. The van der Waals surface area contributed by atoms with E-state index in [1.54, 1.807) is 24.3 Å². The molecule has 0 saturated heterocycles. The van der Waals surface area contributed by atoms with Gasteiger partial charge in [-0.1, -0.05) is 97.1 Å². The molecule has 134 valence electrons. The number of hydrogen-bond acceptors (Lipinski definition) is 2. The first-order valence-electron chi connectivity index (χ1n) is 8.88. The van der Waals surface area contributed by atoms with E-state index in [-0.39, 0.29) is 11.5 Å². The second-order valence-corrected chi connectivity index (χ2v) is 6.17. The van der Waals surface area contributed by atoms with E-state index in [1.165, 1.54) is 11.1 Å². The van der Waals surface area contributed by atoms with E-state index in [0.29, 0.717) is 6.42 Å². The zero-order valence-corrected chi connectivity index (χ0v) is 15.0. The molecule has 0 aliphatic heterocycles. The molecular formula is C25H22O2. The van der Waals surface area contributed by atoms with Gasteiger partial charge in [-0.2, -0.15) is 0 Å². The molecule has 2 N–H and O–H groups in total. The molecule has 2 heteroatoms. The standard InChI is InChI=1S/C13H12O2.C12H10/c14-12-7-3-1-5-10(12)9-11-6-2-4-8-13(11)15;1-3-7-11(8-4-1)12-9-5-2-6-10-12/h1-8,14-15H,9H2;1-10H. The average Bonchev–Trinajstić information content (AvgIpc) is 2.73. The first-order chi connectivity index (χ1) is 13.2. The van der Waals surface area contributed by atoms with Crippen molar-refractivity contribution in [2.24, 2.45) is 0 Å². The number of phenolic OH excluding ortho intramolecular Hbond substituents is 2. The Morgan fingerprint density at radius 1 is 0.407 bits per heavy atom. The molecule has 0 bridgehead atoms. The molecule has 4 aromatic carbocycles. The van der Waals surface area contributed by atoms with E-state index in [2.05, 4.69) is 48.5 Å². The van der Waals surface area contributed by atoms with Crippen molar-refractivity contribution in [3.8, 4) is 22.6 Å². The molecular weight excluding hydrogens is 332 g/mol. The predicted octanol–water partition coefficient (Wildman–Crippen LogP) is 6.04. The smallest absolute Gasteiger partial charge is 0.119 e. The maximum atomic E-state index is 9.58. The molecule has 4 rings (SSSR count). The Bertz CT molecular complexity index is 882. The zero-order valence-electron chi connectivity index (χ0n) is 15.0. The SMILES string of the molecule is Oc1ccccc1Cc1ccccc1O.c1ccc(-c2ccccc2)cc1. The van der Waals surface area contributed by atoms with Crippen molar-refractivity contribution in [1.82, 2.24) is 0 Å². The highest BCUT2D eigenvalue weighted by molar-refractivity contribution is 5.62. The minimum absolute atomic E-state index is 0.265. The van der Waals surface area contributed by atoms with Crippen LogP contribution in [-0.4, -0.2) is 10.2 Å².